The quantitative estimate of drug-likeness (QED) is 0.0739. The Labute approximate surface area is 220 Å². The monoisotopic (exact) mass is 513 g/mol. The lowest BCUT2D eigenvalue weighted by molar-refractivity contribution is -0.154. The number of unbranched alkanes of at least 4 members (excludes halogenated alkanes) is 9. The molecule has 0 unspecified atom stereocenters. The Morgan fingerprint density at radius 3 is 1.94 bits per heavy atom. The van der Waals surface area contributed by atoms with E-state index in [4.69, 9.17) is 9.84 Å². The van der Waals surface area contributed by atoms with Gasteiger partial charge in [0.1, 0.15) is 12.1 Å². The van der Waals surface area contributed by atoms with Gasteiger partial charge in [-0.15, -0.1) is 0 Å². The maximum atomic E-state index is 12.8. The van der Waals surface area contributed by atoms with Gasteiger partial charge in [-0.1, -0.05) is 105 Å². The summed E-state index contributed by atoms with van der Waals surface area (Å²) in [5.74, 6) is -1.10. The van der Waals surface area contributed by atoms with Crippen LogP contribution >= 0.6 is 0 Å². The minimum Gasteiger partial charge on any atom is -0.481 e. The fourth-order valence-corrected chi connectivity index (χ4v) is 4.81. The average molecular weight is 514 g/mol. The first-order valence-electron chi connectivity index (χ1n) is 14.5. The van der Waals surface area contributed by atoms with Crippen molar-refractivity contribution in [3.63, 3.8) is 0 Å². The number of carbonyl (C=O) groups is 3. The van der Waals surface area contributed by atoms with Crippen molar-refractivity contribution in [3.8, 4) is 0 Å². The number of aliphatic hydroxyl groups excluding tert-OH is 1. The van der Waals surface area contributed by atoms with E-state index < -0.39 is 24.1 Å². The van der Waals surface area contributed by atoms with Gasteiger partial charge in [0.15, 0.2) is 0 Å². The molecule has 36 heavy (non-hydrogen) atoms. The van der Waals surface area contributed by atoms with Gasteiger partial charge in [0.25, 0.3) is 0 Å². The molecule has 0 saturated carbocycles. The molecule has 0 aromatic heterocycles. The highest BCUT2D eigenvalue weighted by atomic mass is 16.5. The number of aliphatic carboxylic acids is 1. The average Bonchev–Trinajstić information content (AvgIpc) is 2.80. The molecular weight excluding hydrogens is 458 g/mol. The van der Waals surface area contributed by atoms with Crippen LogP contribution in [0.3, 0.4) is 0 Å². The molecule has 0 aliphatic rings. The van der Waals surface area contributed by atoms with Gasteiger partial charge >= 0.3 is 11.9 Å². The van der Waals surface area contributed by atoms with Crippen molar-refractivity contribution in [3.05, 3.63) is 0 Å². The molecule has 0 aliphatic heterocycles. The first-order chi connectivity index (χ1) is 17.2. The molecule has 0 bridgehead atoms. The molecule has 7 heteroatoms. The summed E-state index contributed by atoms with van der Waals surface area (Å²) >= 11 is 0. The number of esters is 1. The van der Waals surface area contributed by atoms with Gasteiger partial charge in [-0.2, -0.15) is 0 Å². The lowest BCUT2D eigenvalue weighted by Crippen LogP contribution is -2.40. The van der Waals surface area contributed by atoms with Gasteiger partial charge in [0, 0.05) is 0 Å². The maximum absolute atomic E-state index is 12.8. The van der Waals surface area contributed by atoms with Crippen molar-refractivity contribution in [2.24, 2.45) is 11.8 Å². The molecule has 3 N–H and O–H groups in total. The number of rotatable bonds is 25. The summed E-state index contributed by atoms with van der Waals surface area (Å²) in [6.45, 7) is 8.30. The molecule has 1 amide bonds. The first-order valence-corrected chi connectivity index (χ1v) is 14.5. The predicted molar refractivity (Wildman–Crippen MR) is 145 cm³/mol. The molecule has 0 aromatic carbocycles. The second-order valence-corrected chi connectivity index (χ2v) is 10.9. The fourth-order valence-electron chi connectivity index (χ4n) is 4.81. The second kappa shape index (κ2) is 22.6. The Morgan fingerprint density at radius 2 is 1.42 bits per heavy atom. The Kier molecular flexibility index (Phi) is 21.5. The van der Waals surface area contributed by atoms with E-state index in [1.807, 2.05) is 13.8 Å². The van der Waals surface area contributed by atoms with Crippen LogP contribution in [0.4, 0.5) is 0 Å². The Hall–Kier alpha value is -1.63. The van der Waals surface area contributed by atoms with E-state index in [0.29, 0.717) is 25.7 Å². The van der Waals surface area contributed by atoms with E-state index in [-0.39, 0.29) is 24.4 Å². The van der Waals surface area contributed by atoms with Crippen LogP contribution in [0.5, 0.6) is 0 Å². The summed E-state index contributed by atoms with van der Waals surface area (Å²) in [7, 11) is 0. The zero-order valence-corrected chi connectivity index (χ0v) is 23.5. The number of amides is 1. The number of carboxylic acids is 1. The molecule has 0 fully saturated rings. The molecule has 0 spiro atoms. The smallest absolute Gasteiger partial charge is 0.328 e. The summed E-state index contributed by atoms with van der Waals surface area (Å²) in [5.41, 5.74) is 0. The second-order valence-electron chi connectivity index (χ2n) is 10.9. The van der Waals surface area contributed by atoms with E-state index in [9.17, 15) is 19.5 Å². The summed E-state index contributed by atoms with van der Waals surface area (Å²) in [6, 6.07) is -0.667. The summed E-state index contributed by atoms with van der Waals surface area (Å²) in [4.78, 5) is 34.9. The van der Waals surface area contributed by atoms with E-state index in [1.54, 1.807) is 0 Å². The van der Waals surface area contributed by atoms with Crippen molar-refractivity contribution < 1.29 is 29.3 Å². The third-order valence-electron chi connectivity index (χ3n) is 6.75. The molecule has 0 aliphatic carbocycles. The number of ether oxygens (including phenoxy) is 1. The van der Waals surface area contributed by atoms with Crippen LogP contribution in [0.15, 0.2) is 0 Å². The lowest BCUT2D eigenvalue weighted by atomic mass is 9.87. The zero-order valence-electron chi connectivity index (χ0n) is 23.5. The van der Waals surface area contributed by atoms with Gasteiger partial charge in [0.05, 0.1) is 12.5 Å². The molecule has 4 atom stereocenters. The van der Waals surface area contributed by atoms with Crippen LogP contribution in [0.1, 0.15) is 137 Å². The maximum Gasteiger partial charge on any atom is 0.328 e. The molecular formula is C29H55NO6. The SMILES string of the molecule is CCCCCCCCCCC[C@@H](C[C@@H](O)CC(=O)O)C[C@H](CCCC)OC(=O)[C@H](CC(C)C)NC=O. The van der Waals surface area contributed by atoms with Crippen LogP contribution in [0.2, 0.25) is 0 Å². The topological polar surface area (TPSA) is 113 Å². The summed E-state index contributed by atoms with van der Waals surface area (Å²) in [6.07, 6.45) is 15.1. The Balaban J connectivity index is 5.01. The molecule has 0 saturated heterocycles. The van der Waals surface area contributed by atoms with Gasteiger partial charge in [-0.3, -0.25) is 9.59 Å². The third-order valence-corrected chi connectivity index (χ3v) is 6.75. The van der Waals surface area contributed by atoms with Crippen LogP contribution in [-0.4, -0.2) is 46.8 Å². The lowest BCUT2D eigenvalue weighted by Gasteiger charge is -2.27. The van der Waals surface area contributed by atoms with E-state index in [1.165, 1.54) is 44.9 Å². The minimum atomic E-state index is -1.00. The molecule has 0 aromatic rings. The van der Waals surface area contributed by atoms with Crippen molar-refractivity contribution in [2.75, 3.05) is 0 Å². The third kappa shape index (κ3) is 19.5. The predicted octanol–water partition coefficient (Wildman–Crippen LogP) is 6.40. The van der Waals surface area contributed by atoms with Crippen LogP contribution in [0.25, 0.3) is 0 Å². The normalized spacial score (nSPS) is 14.7. The van der Waals surface area contributed by atoms with E-state index >= 15 is 0 Å². The molecule has 0 radical (unpaired) electrons. The summed E-state index contributed by atoms with van der Waals surface area (Å²) in [5, 5.41) is 22.0. The number of hydrogen-bond donors (Lipinski definition) is 3. The largest absolute Gasteiger partial charge is 0.481 e. The highest BCUT2D eigenvalue weighted by Crippen LogP contribution is 2.26. The standard InChI is InChI=1S/C29H55NO6/c1-5-7-9-10-11-12-13-14-15-16-24(19-25(32)21-28(33)34)20-26(17-8-6-2)36-29(35)27(30-22-31)18-23(3)4/h22-27,32H,5-21H2,1-4H3,(H,30,31)(H,33,34)/t24-,25+,26-,27-/m0/s1. The first kappa shape index (κ1) is 34.4. The van der Waals surface area contributed by atoms with Crippen molar-refractivity contribution in [2.45, 2.75) is 155 Å². The van der Waals surface area contributed by atoms with Crippen LogP contribution in [0, 0.1) is 11.8 Å². The molecule has 212 valence electrons. The van der Waals surface area contributed by atoms with Crippen LogP contribution in [-0.2, 0) is 19.1 Å². The highest BCUT2D eigenvalue weighted by molar-refractivity contribution is 5.78. The van der Waals surface area contributed by atoms with Crippen molar-refractivity contribution in [1.82, 2.24) is 5.32 Å². The van der Waals surface area contributed by atoms with Crippen molar-refractivity contribution in [1.29, 1.82) is 0 Å². The molecule has 0 heterocycles. The van der Waals surface area contributed by atoms with Gasteiger partial charge in [-0.25, -0.2) is 4.79 Å². The molecule has 7 nitrogen and oxygen atoms in total. The number of nitrogens with one attached hydrogen (secondary N) is 1. The zero-order chi connectivity index (χ0) is 27.2. The Morgan fingerprint density at radius 1 is 0.833 bits per heavy atom. The fraction of sp³-hybridized carbons (Fsp3) is 0.897. The molecule has 0 rings (SSSR count). The van der Waals surface area contributed by atoms with E-state index in [0.717, 1.165) is 38.5 Å². The number of hydrogen-bond acceptors (Lipinski definition) is 5. The van der Waals surface area contributed by atoms with E-state index in [2.05, 4.69) is 19.2 Å². The van der Waals surface area contributed by atoms with Gasteiger partial charge < -0.3 is 20.3 Å². The van der Waals surface area contributed by atoms with Crippen molar-refractivity contribution >= 4 is 18.3 Å². The van der Waals surface area contributed by atoms with Gasteiger partial charge in [0.2, 0.25) is 6.41 Å². The number of carbonyl (C=O) groups excluding carboxylic acids is 2. The minimum absolute atomic E-state index is 0.0844. The van der Waals surface area contributed by atoms with Crippen LogP contribution < -0.4 is 5.32 Å². The Bertz CT molecular complexity index is 568. The van der Waals surface area contributed by atoms with Gasteiger partial charge in [-0.05, 0) is 37.5 Å². The summed E-state index contributed by atoms with van der Waals surface area (Å²) < 4.78 is 5.89. The number of aliphatic hydroxyl groups is 1. The number of carboxylic acid groups (broad SMARTS) is 1. The highest BCUT2D eigenvalue weighted by Gasteiger charge is 2.27.